The summed E-state index contributed by atoms with van der Waals surface area (Å²) in [5.41, 5.74) is 1.08. The van der Waals surface area contributed by atoms with E-state index in [1.54, 1.807) is 11.3 Å². The Morgan fingerprint density at radius 1 is 1.62 bits per heavy atom. The van der Waals surface area contributed by atoms with E-state index in [4.69, 9.17) is 0 Å². The van der Waals surface area contributed by atoms with Crippen molar-refractivity contribution in [2.75, 3.05) is 4.34 Å². The van der Waals surface area contributed by atoms with E-state index >= 15 is 0 Å². The van der Waals surface area contributed by atoms with Gasteiger partial charge in [0.1, 0.15) is 0 Å². The van der Waals surface area contributed by atoms with E-state index in [1.807, 2.05) is 11.4 Å². The van der Waals surface area contributed by atoms with Crippen LogP contribution in [0.5, 0.6) is 0 Å². The molecule has 0 saturated heterocycles. The van der Waals surface area contributed by atoms with Gasteiger partial charge in [0.25, 0.3) is 0 Å². The zero-order chi connectivity index (χ0) is 5.98. The van der Waals surface area contributed by atoms with Crippen molar-refractivity contribution in [1.82, 2.24) is 0 Å². The van der Waals surface area contributed by atoms with Gasteiger partial charge >= 0.3 is 0 Å². The van der Waals surface area contributed by atoms with Gasteiger partial charge in [0.15, 0.2) is 0 Å². The molecule has 44 valence electrons. The average Bonchev–Trinajstić information content (AvgIpc) is 2.14. The SMILES string of the molecule is BrNc1ccsc1Br. The molecule has 4 heteroatoms. The molecule has 0 fully saturated rings. The van der Waals surface area contributed by atoms with Crippen LogP contribution in [-0.4, -0.2) is 0 Å². The van der Waals surface area contributed by atoms with E-state index in [-0.39, 0.29) is 0 Å². The molecule has 0 radical (unpaired) electrons. The second kappa shape index (κ2) is 2.85. The summed E-state index contributed by atoms with van der Waals surface area (Å²) < 4.78 is 3.97. The predicted molar refractivity (Wildman–Crippen MR) is 44.6 cm³/mol. The summed E-state index contributed by atoms with van der Waals surface area (Å²) in [6.45, 7) is 0. The van der Waals surface area contributed by atoms with Crippen molar-refractivity contribution in [3.8, 4) is 0 Å². The van der Waals surface area contributed by atoms with Gasteiger partial charge in [-0.2, -0.15) is 0 Å². The number of nitrogens with one attached hydrogen (secondary N) is 1. The van der Waals surface area contributed by atoms with Crippen LogP contribution in [0.3, 0.4) is 0 Å². The van der Waals surface area contributed by atoms with Gasteiger partial charge in [-0.15, -0.1) is 11.3 Å². The molecule has 1 aromatic heterocycles. The number of anilines is 1. The lowest BCUT2D eigenvalue weighted by molar-refractivity contribution is 1.86. The Balaban J connectivity index is 2.92. The van der Waals surface area contributed by atoms with Crippen LogP contribution in [0.15, 0.2) is 15.2 Å². The normalized spacial score (nSPS) is 9.25. The lowest BCUT2D eigenvalue weighted by atomic mass is 10.6. The van der Waals surface area contributed by atoms with Crippen LogP contribution in [0.25, 0.3) is 0 Å². The number of halogens is 2. The van der Waals surface area contributed by atoms with Gasteiger partial charge in [-0.25, -0.2) is 0 Å². The van der Waals surface area contributed by atoms with Crippen LogP contribution in [0.1, 0.15) is 0 Å². The number of rotatable bonds is 1. The molecule has 1 aromatic rings. The quantitative estimate of drug-likeness (QED) is 0.761. The molecule has 0 bridgehead atoms. The van der Waals surface area contributed by atoms with E-state index in [0.29, 0.717) is 0 Å². The predicted octanol–water partition coefficient (Wildman–Crippen LogP) is 3.23. The summed E-state index contributed by atoms with van der Waals surface area (Å²) in [5, 5.41) is 2.01. The van der Waals surface area contributed by atoms with E-state index in [0.717, 1.165) is 9.47 Å². The van der Waals surface area contributed by atoms with E-state index in [9.17, 15) is 0 Å². The third-order valence-corrected chi connectivity index (χ3v) is 2.83. The molecule has 0 aromatic carbocycles. The number of hydrogen-bond donors (Lipinski definition) is 1. The van der Waals surface area contributed by atoms with Crippen LogP contribution in [0.4, 0.5) is 5.69 Å². The van der Waals surface area contributed by atoms with Crippen molar-refractivity contribution in [1.29, 1.82) is 0 Å². The minimum Gasteiger partial charge on any atom is -0.321 e. The van der Waals surface area contributed by atoms with Crippen LogP contribution < -0.4 is 4.34 Å². The highest BCUT2D eigenvalue weighted by Gasteiger charge is 1.94. The minimum absolute atomic E-state index is 1.08. The second-order valence-electron chi connectivity index (χ2n) is 1.20. The van der Waals surface area contributed by atoms with Crippen LogP contribution in [-0.2, 0) is 0 Å². The Bertz CT molecular complexity index is 174. The summed E-state index contributed by atoms with van der Waals surface area (Å²) in [6.07, 6.45) is 0. The fraction of sp³-hybridized carbons (Fsp3) is 0. The molecule has 0 aliphatic carbocycles. The Kier molecular flexibility index (Phi) is 2.34. The maximum atomic E-state index is 3.35. The summed E-state index contributed by atoms with van der Waals surface area (Å²) in [5.74, 6) is 0. The molecule has 0 spiro atoms. The first-order valence-corrected chi connectivity index (χ1v) is 4.41. The standard InChI is InChI=1S/C4H3Br2NS/c5-4-3(7-6)1-2-8-4/h1-2,7H. The highest BCUT2D eigenvalue weighted by Crippen LogP contribution is 2.28. The topological polar surface area (TPSA) is 12.0 Å². The van der Waals surface area contributed by atoms with Gasteiger partial charge in [-0.3, -0.25) is 0 Å². The zero-order valence-corrected chi connectivity index (χ0v) is 7.81. The molecule has 0 aliphatic rings. The molecule has 0 atom stereocenters. The van der Waals surface area contributed by atoms with Gasteiger partial charge < -0.3 is 4.34 Å². The largest absolute Gasteiger partial charge is 0.321 e. The van der Waals surface area contributed by atoms with Gasteiger partial charge in [-0.05, 0) is 27.4 Å². The fourth-order valence-corrected chi connectivity index (χ4v) is 2.21. The zero-order valence-electron chi connectivity index (χ0n) is 3.82. The van der Waals surface area contributed by atoms with Crippen molar-refractivity contribution in [2.24, 2.45) is 0 Å². The number of hydrogen-bond acceptors (Lipinski definition) is 2. The highest BCUT2D eigenvalue weighted by atomic mass is 79.9. The van der Waals surface area contributed by atoms with Crippen LogP contribution >= 0.6 is 43.4 Å². The first-order chi connectivity index (χ1) is 3.84. The van der Waals surface area contributed by atoms with Crippen molar-refractivity contribution < 1.29 is 0 Å². The van der Waals surface area contributed by atoms with Crippen molar-refractivity contribution in [2.45, 2.75) is 0 Å². The van der Waals surface area contributed by atoms with Crippen molar-refractivity contribution in [3.63, 3.8) is 0 Å². The Hall–Kier alpha value is 0.460. The number of thiophene rings is 1. The molecule has 1 heterocycles. The lowest BCUT2D eigenvalue weighted by Crippen LogP contribution is -1.71. The first-order valence-electron chi connectivity index (χ1n) is 1.94. The van der Waals surface area contributed by atoms with Crippen LogP contribution in [0, 0.1) is 0 Å². The van der Waals surface area contributed by atoms with E-state index < -0.39 is 0 Å². The van der Waals surface area contributed by atoms with Gasteiger partial charge in [-0.1, -0.05) is 0 Å². The summed E-state index contributed by atoms with van der Waals surface area (Å²) in [6, 6.07) is 1.99. The summed E-state index contributed by atoms with van der Waals surface area (Å²) in [4.78, 5) is 0. The second-order valence-corrected chi connectivity index (χ2v) is 3.83. The summed E-state index contributed by atoms with van der Waals surface area (Å²) in [7, 11) is 0. The molecule has 0 aliphatic heterocycles. The molecule has 0 saturated carbocycles. The Morgan fingerprint density at radius 3 is 2.62 bits per heavy atom. The molecule has 1 N–H and O–H groups in total. The van der Waals surface area contributed by atoms with Crippen LogP contribution in [0.2, 0.25) is 0 Å². The monoisotopic (exact) mass is 255 g/mol. The molecule has 0 unspecified atom stereocenters. The average molecular weight is 257 g/mol. The Morgan fingerprint density at radius 2 is 2.38 bits per heavy atom. The molecular weight excluding hydrogens is 254 g/mol. The fourth-order valence-electron chi connectivity index (χ4n) is 0.359. The third kappa shape index (κ3) is 1.24. The molecule has 0 amide bonds. The molecule has 8 heavy (non-hydrogen) atoms. The molecular formula is C4H3Br2NS. The smallest absolute Gasteiger partial charge is 0.0937 e. The maximum Gasteiger partial charge on any atom is 0.0937 e. The van der Waals surface area contributed by atoms with E-state index in [2.05, 4.69) is 36.4 Å². The first kappa shape index (κ1) is 6.58. The molecule has 1 nitrogen and oxygen atoms in total. The molecule has 1 rings (SSSR count). The van der Waals surface area contributed by atoms with E-state index in [1.165, 1.54) is 0 Å². The van der Waals surface area contributed by atoms with Crippen molar-refractivity contribution in [3.05, 3.63) is 15.2 Å². The maximum absolute atomic E-state index is 3.35. The van der Waals surface area contributed by atoms with Gasteiger partial charge in [0.05, 0.1) is 9.47 Å². The third-order valence-electron chi connectivity index (χ3n) is 0.720. The van der Waals surface area contributed by atoms with Gasteiger partial charge in [0.2, 0.25) is 0 Å². The highest BCUT2D eigenvalue weighted by molar-refractivity contribution is 9.11. The minimum atomic E-state index is 1.08. The van der Waals surface area contributed by atoms with Gasteiger partial charge in [0, 0.05) is 16.1 Å². The lowest BCUT2D eigenvalue weighted by Gasteiger charge is -1.88. The Labute approximate surface area is 68.6 Å². The van der Waals surface area contributed by atoms with Crippen molar-refractivity contribution >= 4 is 49.1 Å². The summed E-state index contributed by atoms with van der Waals surface area (Å²) >= 11 is 8.12.